The number of pyridine rings is 2. The number of nitrogens with zero attached hydrogens (tertiary/aromatic N) is 4. The highest BCUT2D eigenvalue weighted by molar-refractivity contribution is 6.34. The second kappa shape index (κ2) is 10.4. The number of oxazole rings is 1. The third-order valence-electron chi connectivity index (χ3n) is 5.22. The largest absolute Gasteiger partial charge is 0.448 e. The number of carbonyl (C=O) groups excluding carboxylic acids is 2. The summed E-state index contributed by atoms with van der Waals surface area (Å²) in [6.45, 7) is 0. The molecule has 0 spiro atoms. The highest BCUT2D eigenvalue weighted by Gasteiger charge is 2.25. The van der Waals surface area contributed by atoms with Crippen LogP contribution in [0, 0.1) is 11.3 Å². The maximum absolute atomic E-state index is 13.3. The minimum absolute atomic E-state index is 0.0190. The van der Waals surface area contributed by atoms with Crippen LogP contribution >= 0.6 is 23.2 Å². The molecule has 0 aliphatic heterocycles. The third-order valence-corrected chi connectivity index (χ3v) is 5.76. The molecule has 0 aliphatic rings. The number of carbonyl (C=O) groups is 2. The summed E-state index contributed by atoms with van der Waals surface area (Å²) in [5.41, 5.74) is 5.91. The fourth-order valence-corrected chi connectivity index (χ4v) is 3.93. The average Bonchev–Trinajstić information content (AvgIpc) is 3.37. The Hall–Kier alpha value is -4.46. The summed E-state index contributed by atoms with van der Waals surface area (Å²) in [5.74, 6) is -0.936. The number of hydrogen-bond donors (Lipinski definition) is 2. The van der Waals surface area contributed by atoms with Crippen molar-refractivity contribution < 1.29 is 14.0 Å². The van der Waals surface area contributed by atoms with Crippen LogP contribution in [-0.4, -0.2) is 26.3 Å². The van der Waals surface area contributed by atoms with E-state index in [4.69, 9.17) is 33.4 Å². The molecular formula is C24H16Cl2N6O4. The highest BCUT2D eigenvalue weighted by Crippen LogP contribution is 2.32. The van der Waals surface area contributed by atoms with E-state index in [0.29, 0.717) is 21.9 Å². The van der Waals surface area contributed by atoms with Gasteiger partial charge < -0.3 is 20.0 Å². The lowest BCUT2D eigenvalue weighted by atomic mass is 10.0. The Kier molecular flexibility index (Phi) is 7.15. The van der Waals surface area contributed by atoms with Crippen molar-refractivity contribution in [2.75, 3.05) is 5.32 Å². The van der Waals surface area contributed by atoms with E-state index in [1.165, 1.54) is 55.3 Å². The van der Waals surface area contributed by atoms with E-state index >= 15 is 0 Å². The van der Waals surface area contributed by atoms with Crippen molar-refractivity contribution in [3.8, 4) is 17.2 Å². The molecule has 4 aromatic rings. The summed E-state index contributed by atoms with van der Waals surface area (Å²) in [7, 11) is 0. The molecule has 0 saturated carbocycles. The van der Waals surface area contributed by atoms with E-state index in [0.717, 1.165) is 4.57 Å². The molecule has 3 aromatic heterocycles. The summed E-state index contributed by atoms with van der Waals surface area (Å²) >= 11 is 12.6. The maximum atomic E-state index is 13.3. The Labute approximate surface area is 213 Å². The normalized spacial score (nSPS) is 11.5. The zero-order valence-corrected chi connectivity index (χ0v) is 19.8. The van der Waals surface area contributed by atoms with Gasteiger partial charge >= 0.3 is 0 Å². The first kappa shape index (κ1) is 24.7. The van der Waals surface area contributed by atoms with Gasteiger partial charge in [-0.1, -0.05) is 23.2 Å². The molecule has 0 radical (unpaired) electrons. The smallest absolute Gasteiger partial charge is 0.267 e. The number of benzene rings is 1. The number of hydrogen-bond acceptors (Lipinski definition) is 7. The summed E-state index contributed by atoms with van der Waals surface area (Å²) in [5, 5.41) is 12.6. The second-order valence-electron chi connectivity index (χ2n) is 7.56. The van der Waals surface area contributed by atoms with Gasteiger partial charge in [-0.3, -0.25) is 14.4 Å². The summed E-state index contributed by atoms with van der Waals surface area (Å²) in [4.78, 5) is 45.5. The van der Waals surface area contributed by atoms with Crippen molar-refractivity contribution >= 4 is 40.7 Å². The Bertz CT molecular complexity index is 1540. The van der Waals surface area contributed by atoms with E-state index in [-0.39, 0.29) is 28.4 Å². The fraction of sp³-hybridized carbons (Fsp3) is 0.0833. The van der Waals surface area contributed by atoms with Crippen molar-refractivity contribution in [1.82, 2.24) is 14.5 Å². The second-order valence-corrected chi connectivity index (χ2v) is 8.40. The molecule has 36 heavy (non-hydrogen) atoms. The summed E-state index contributed by atoms with van der Waals surface area (Å²) < 4.78 is 6.44. The molecule has 0 fully saturated rings. The molecule has 1 aromatic carbocycles. The lowest BCUT2D eigenvalue weighted by molar-refractivity contribution is -0.119. The first-order chi connectivity index (χ1) is 17.3. The quantitative estimate of drug-likeness (QED) is 0.375. The predicted octanol–water partition coefficient (Wildman–Crippen LogP) is 3.60. The lowest BCUT2D eigenvalue weighted by Gasteiger charge is -2.20. The molecule has 4 rings (SSSR count). The Morgan fingerprint density at radius 2 is 1.97 bits per heavy atom. The van der Waals surface area contributed by atoms with E-state index in [9.17, 15) is 19.6 Å². The molecule has 0 saturated heterocycles. The van der Waals surface area contributed by atoms with Crippen LogP contribution in [0.15, 0.2) is 70.6 Å². The number of amides is 2. The first-order valence-electron chi connectivity index (χ1n) is 10.3. The number of rotatable bonds is 7. The Morgan fingerprint density at radius 3 is 2.61 bits per heavy atom. The number of aromatic nitrogens is 3. The van der Waals surface area contributed by atoms with Gasteiger partial charge in [0.05, 0.1) is 34.7 Å². The van der Waals surface area contributed by atoms with Crippen LogP contribution in [-0.2, 0) is 11.2 Å². The number of anilines is 1. The number of nitrogens with one attached hydrogen (secondary N) is 1. The van der Waals surface area contributed by atoms with Gasteiger partial charge in [0.15, 0.2) is 6.39 Å². The molecule has 3 N–H and O–H groups in total. The van der Waals surface area contributed by atoms with Crippen LogP contribution in [0.2, 0.25) is 10.0 Å². The van der Waals surface area contributed by atoms with Crippen molar-refractivity contribution in [2.24, 2.45) is 5.73 Å². The fourth-order valence-electron chi connectivity index (χ4n) is 3.50. The molecule has 1 atom stereocenters. The number of halogens is 2. The van der Waals surface area contributed by atoms with Gasteiger partial charge in [0, 0.05) is 34.8 Å². The van der Waals surface area contributed by atoms with Crippen LogP contribution in [0.1, 0.15) is 27.9 Å². The van der Waals surface area contributed by atoms with E-state index in [1.54, 1.807) is 6.07 Å². The maximum Gasteiger partial charge on any atom is 0.267 e. The minimum Gasteiger partial charge on any atom is -0.448 e. The van der Waals surface area contributed by atoms with Gasteiger partial charge in [-0.2, -0.15) is 5.26 Å². The van der Waals surface area contributed by atoms with E-state index in [1.807, 2.05) is 6.07 Å². The van der Waals surface area contributed by atoms with Gasteiger partial charge in [-0.25, -0.2) is 9.97 Å². The van der Waals surface area contributed by atoms with Gasteiger partial charge in [-0.05, 0) is 30.3 Å². The molecule has 1 unspecified atom stereocenters. The van der Waals surface area contributed by atoms with Gasteiger partial charge in [0.2, 0.25) is 5.91 Å². The van der Waals surface area contributed by atoms with Crippen molar-refractivity contribution in [3.05, 3.63) is 98.8 Å². The van der Waals surface area contributed by atoms with Crippen molar-refractivity contribution in [2.45, 2.75) is 12.5 Å². The standard InChI is InChI=1S/C24H16Cl2N6O4/c25-14-2-1-13(8-27)17(5-14)18-7-22(33)32(11-19(18)26)21(6-16-10-29-12-36-16)24(35)31-15-3-4-20(23(28)34)30-9-15/h1-5,7,9-12,21H,6H2,(H2,28,34)(H,31,35). The number of nitriles is 1. The number of primary amides is 1. The minimum atomic E-state index is -1.09. The molecular weight excluding hydrogens is 507 g/mol. The predicted molar refractivity (Wildman–Crippen MR) is 132 cm³/mol. The van der Waals surface area contributed by atoms with Crippen molar-refractivity contribution in [3.63, 3.8) is 0 Å². The number of nitrogens with two attached hydrogens (primary N) is 1. The summed E-state index contributed by atoms with van der Waals surface area (Å²) in [6, 6.07) is 9.62. The van der Waals surface area contributed by atoms with Crippen LogP contribution in [0.5, 0.6) is 0 Å². The Morgan fingerprint density at radius 1 is 1.17 bits per heavy atom. The van der Waals surface area contributed by atoms with Crippen LogP contribution < -0.4 is 16.6 Å². The topological polar surface area (TPSA) is 157 Å². The average molecular weight is 523 g/mol. The van der Waals surface area contributed by atoms with E-state index < -0.39 is 23.4 Å². The van der Waals surface area contributed by atoms with Crippen LogP contribution in [0.25, 0.3) is 11.1 Å². The molecule has 180 valence electrons. The SMILES string of the molecule is N#Cc1ccc(Cl)cc1-c1cc(=O)n(C(Cc2cnco2)C(=O)Nc2ccc(C(N)=O)nc2)cc1Cl. The van der Waals surface area contributed by atoms with Gasteiger partial charge in [0.25, 0.3) is 11.5 Å². The summed E-state index contributed by atoms with van der Waals surface area (Å²) in [6.07, 6.45) is 5.20. The van der Waals surface area contributed by atoms with Gasteiger partial charge in [0.1, 0.15) is 17.5 Å². The molecule has 12 heteroatoms. The van der Waals surface area contributed by atoms with E-state index in [2.05, 4.69) is 15.3 Å². The molecule has 2 amide bonds. The zero-order chi connectivity index (χ0) is 25.8. The monoisotopic (exact) mass is 522 g/mol. The molecule has 3 heterocycles. The van der Waals surface area contributed by atoms with Crippen molar-refractivity contribution in [1.29, 1.82) is 5.26 Å². The zero-order valence-electron chi connectivity index (χ0n) is 18.3. The highest BCUT2D eigenvalue weighted by atomic mass is 35.5. The molecule has 0 bridgehead atoms. The third kappa shape index (κ3) is 5.27. The van der Waals surface area contributed by atoms with Crippen LogP contribution in [0.3, 0.4) is 0 Å². The molecule has 10 nitrogen and oxygen atoms in total. The molecule has 0 aliphatic carbocycles. The van der Waals surface area contributed by atoms with Crippen LogP contribution in [0.4, 0.5) is 5.69 Å². The first-order valence-corrected chi connectivity index (χ1v) is 11.1. The Balaban J connectivity index is 1.73. The lowest BCUT2D eigenvalue weighted by Crippen LogP contribution is -2.34. The van der Waals surface area contributed by atoms with Gasteiger partial charge in [-0.15, -0.1) is 0 Å².